The number of carbonyl (C=O) groups excluding carboxylic acids is 2. The van der Waals surface area contributed by atoms with Gasteiger partial charge in [0, 0.05) is 35.5 Å². The van der Waals surface area contributed by atoms with Crippen molar-refractivity contribution in [3.63, 3.8) is 0 Å². The Hall–Kier alpha value is -2.36. The van der Waals surface area contributed by atoms with Crippen molar-refractivity contribution in [1.82, 2.24) is 15.6 Å². The van der Waals surface area contributed by atoms with Crippen LogP contribution in [0.1, 0.15) is 42.3 Å². The molecule has 0 saturated carbocycles. The summed E-state index contributed by atoms with van der Waals surface area (Å²) in [5.74, 6) is 0.223. The maximum Gasteiger partial charge on any atom is 0.407 e. The molecule has 2 rings (SSSR count). The Labute approximate surface area is 185 Å². The summed E-state index contributed by atoms with van der Waals surface area (Å²) < 4.78 is 6.07. The van der Waals surface area contributed by atoms with E-state index in [0.717, 1.165) is 15.6 Å². The predicted molar refractivity (Wildman–Crippen MR) is 122 cm³/mol. The number of alkyl carbamates (subject to hydrolysis) is 1. The largest absolute Gasteiger partial charge is 0.444 e. The summed E-state index contributed by atoms with van der Waals surface area (Å²) in [6, 6.07) is 9.95. The zero-order valence-electron chi connectivity index (χ0n) is 17.1. The minimum Gasteiger partial charge on any atom is -0.444 e. The molecule has 0 spiro atoms. The maximum absolute atomic E-state index is 12.9. The molecule has 0 fully saturated rings. The van der Waals surface area contributed by atoms with Crippen LogP contribution in [-0.4, -0.2) is 36.2 Å². The van der Waals surface area contributed by atoms with Crippen LogP contribution in [-0.2, 0) is 17.7 Å². The highest BCUT2D eigenvalue weighted by molar-refractivity contribution is 14.1. The van der Waals surface area contributed by atoms with E-state index in [-0.39, 0.29) is 12.5 Å². The number of nitrogens with zero attached hydrogens (tertiary/aromatic N) is 1. The third kappa shape index (κ3) is 7.19. The molecule has 1 heterocycles. The summed E-state index contributed by atoms with van der Waals surface area (Å²) in [5.41, 5.74) is 1.66. The van der Waals surface area contributed by atoms with Gasteiger partial charge in [-0.3, -0.25) is 4.79 Å². The van der Waals surface area contributed by atoms with Gasteiger partial charge in [-0.2, -0.15) is 0 Å². The van der Waals surface area contributed by atoms with E-state index in [2.05, 4.69) is 43.5 Å². The third-order valence-corrected chi connectivity index (χ3v) is 4.88. The van der Waals surface area contributed by atoms with Gasteiger partial charge in [0.1, 0.15) is 11.4 Å². The number of halogens is 1. The Balaban J connectivity index is 2.13. The zero-order chi connectivity index (χ0) is 21.4. The first-order chi connectivity index (χ1) is 13.7. The number of ether oxygens (including phenoxy) is 1. The second kappa shape index (κ2) is 10.4. The van der Waals surface area contributed by atoms with Crippen molar-refractivity contribution in [2.45, 2.75) is 39.3 Å². The highest BCUT2D eigenvalue weighted by Gasteiger charge is 2.22. The summed E-state index contributed by atoms with van der Waals surface area (Å²) in [4.78, 5) is 29.3. The second-order valence-electron chi connectivity index (χ2n) is 7.41. The van der Waals surface area contributed by atoms with Crippen molar-refractivity contribution in [2.75, 3.05) is 18.9 Å². The number of hydrogen-bond donors (Lipinski definition) is 3. The number of hydrogen-bond acceptors (Lipinski definition) is 5. The fraction of sp³-hybridized carbons (Fsp3) is 0.381. The molecule has 7 nitrogen and oxygen atoms in total. The van der Waals surface area contributed by atoms with Crippen LogP contribution in [0.4, 0.5) is 10.6 Å². The predicted octanol–water partition coefficient (Wildman–Crippen LogP) is 3.73. The summed E-state index contributed by atoms with van der Waals surface area (Å²) >= 11 is 2.11. The first-order valence-electron chi connectivity index (χ1n) is 9.35. The molecular weight excluding hydrogens is 483 g/mol. The van der Waals surface area contributed by atoms with E-state index in [0.29, 0.717) is 23.5 Å². The molecule has 0 saturated heterocycles. The monoisotopic (exact) mass is 510 g/mol. The number of rotatable bonds is 7. The lowest BCUT2D eigenvalue weighted by Gasteiger charge is -2.20. The number of carbonyl (C=O) groups is 2. The van der Waals surface area contributed by atoms with E-state index < -0.39 is 11.7 Å². The molecule has 2 aromatic rings. The van der Waals surface area contributed by atoms with Gasteiger partial charge in [0.05, 0.1) is 5.56 Å². The van der Waals surface area contributed by atoms with Crippen molar-refractivity contribution in [1.29, 1.82) is 0 Å². The number of nitrogens with one attached hydrogen (secondary N) is 3. The van der Waals surface area contributed by atoms with E-state index in [1.165, 1.54) is 0 Å². The van der Waals surface area contributed by atoms with Gasteiger partial charge >= 0.3 is 6.09 Å². The van der Waals surface area contributed by atoms with Crippen LogP contribution in [0.2, 0.25) is 0 Å². The average molecular weight is 510 g/mol. The van der Waals surface area contributed by atoms with Crippen LogP contribution >= 0.6 is 22.6 Å². The smallest absolute Gasteiger partial charge is 0.407 e. The number of aromatic nitrogens is 1. The van der Waals surface area contributed by atoms with E-state index in [1.54, 1.807) is 34.0 Å². The maximum atomic E-state index is 12.9. The minimum absolute atomic E-state index is 0.159. The van der Waals surface area contributed by atoms with Crippen LogP contribution < -0.4 is 16.0 Å². The normalized spacial score (nSPS) is 10.9. The van der Waals surface area contributed by atoms with Crippen LogP contribution in [0.3, 0.4) is 0 Å². The summed E-state index contributed by atoms with van der Waals surface area (Å²) in [7, 11) is 1.71. The Morgan fingerprint density at radius 1 is 1.14 bits per heavy atom. The number of pyridine rings is 1. The van der Waals surface area contributed by atoms with Crippen molar-refractivity contribution >= 4 is 40.4 Å². The molecule has 0 bridgehead atoms. The van der Waals surface area contributed by atoms with Gasteiger partial charge in [0.2, 0.25) is 0 Å². The summed E-state index contributed by atoms with van der Waals surface area (Å²) in [5, 5.41) is 8.63. The van der Waals surface area contributed by atoms with Gasteiger partial charge in [-0.05, 0) is 55.3 Å². The molecule has 0 atom stereocenters. The van der Waals surface area contributed by atoms with E-state index >= 15 is 0 Å². The molecule has 156 valence electrons. The van der Waals surface area contributed by atoms with Crippen molar-refractivity contribution in [3.8, 4) is 0 Å². The first-order valence-corrected chi connectivity index (χ1v) is 10.4. The summed E-state index contributed by atoms with van der Waals surface area (Å²) in [6.07, 6.45) is 1.86. The van der Waals surface area contributed by atoms with E-state index in [4.69, 9.17) is 4.74 Å². The van der Waals surface area contributed by atoms with Crippen LogP contribution in [0.15, 0.2) is 36.5 Å². The van der Waals surface area contributed by atoms with Crippen LogP contribution in [0, 0.1) is 3.57 Å². The molecule has 0 aliphatic rings. The number of benzene rings is 1. The fourth-order valence-electron chi connectivity index (χ4n) is 2.66. The second-order valence-corrected chi connectivity index (χ2v) is 8.57. The SMILES string of the molecule is CNc1ncc(I)c(CNC(=O)OC(C)(C)C)c1C(=O)NCCc1ccccc1. The standard InChI is InChI=1S/C21H27IN4O3/c1-21(2,3)29-20(28)26-12-15-16(22)13-25-18(23-4)17(15)19(27)24-11-10-14-8-6-5-7-9-14/h5-9,13H,10-12H2,1-4H3,(H,23,25)(H,24,27)(H,26,28). The molecular formula is C21H27IN4O3. The topological polar surface area (TPSA) is 92.3 Å². The van der Waals surface area contributed by atoms with Crippen LogP contribution in [0.25, 0.3) is 0 Å². The minimum atomic E-state index is -0.594. The first kappa shape index (κ1) is 22.9. The number of amides is 2. The van der Waals surface area contributed by atoms with Crippen molar-refractivity contribution in [3.05, 3.63) is 56.8 Å². The third-order valence-electron chi connectivity index (χ3n) is 3.95. The zero-order valence-corrected chi connectivity index (χ0v) is 19.3. The molecule has 1 aromatic carbocycles. The molecule has 0 aliphatic heterocycles. The van der Waals surface area contributed by atoms with Crippen LogP contribution in [0.5, 0.6) is 0 Å². The Morgan fingerprint density at radius 3 is 2.45 bits per heavy atom. The van der Waals surface area contributed by atoms with E-state index in [9.17, 15) is 9.59 Å². The molecule has 1 aromatic heterocycles. The average Bonchev–Trinajstić information content (AvgIpc) is 2.66. The van der Waals surface area contributed by atoms with Crippen molar-refractivity contribution < 1.29 is 14.3 Å². The van der Waals surface area contributed by atoms with Crippen molar-refractivity contribution in [2.24, 2.45) is 0 Å². The van der Waals surface area contributed by atoms with Gasteiger partial charge in [-0.15, -0.1) is 0 Å². The Kier molecular flexibility index (Phi) is 8.24. The highest BCUT2D eigenvalue weighted by atomic mass is 127. The van der Waals surface area contributed by atoms with Gasteiger partial charge in [0.25, 0.3) is 5.91 Å². The molecule has 8 heteroatoms. The molecule has 29 heavy (non-hydrogen) atoms. The van der Waals surface area contributed by atoms with Gasteiger partial charge in [-0.1, -0.05) is 30.3 Å². The lowest BCUT2D eigenvalue weighted by molar-refractivity contribution is 0.0522. The molecule has 0 unspecified atom stereocenters. The lowest BCUT2D eigenvalue weighted by Crippen LogP contribution is -2.34. The molecule has 0 aliphatic carbocycles. The quantitative estimate of drug-likeness (QED) is 0.494. The number of anilines is 1. The van der Waals surface area contributed by atoms with Gasteiger partial charge in [0.15, 0.2) is 0 Å². The fourth-order valence-corrected chi connectivity index (χ4v) is 3.26. The van der Waals surface area contributed by atoms with Gasteiger partial charge in [-0.25, -0.2) is 9.78 Å². The van der Waals surface area contributed by atoms with E-state index in [1.807, 2.05) is 30.3 Å². The Morgan fingerprint density at radius 2 is 1.83 bits per heavy atom. The van der Waals surface area contributed by atoms with Gasteiger partial charge < -0.3 is 20.7 Å². The molecule has 0 radical (unpaired) electrons. The summed E-state index contributed by atoms with van der Waals surface area (Å²) in [6.45, 7) is 6.05. The lowest BCUT2D eigenvalue weighted by atomic mass is 10.1. The Bertz CT molecular complexity index is 851. The highest BCUT2D eigenvalue weighted by Crippen LogP contribution is 2.23. The molecule has 3 N–H and O–H groups in total. The molecule has 2 amide bonds.